The fourth-order valence-electron chi connectivity index (χ4n) is 2.85. The summed E-state index contributed by atoms with van der Waals surface area (Å²) in [5, 5.41) is 5.51. The van der Waals surface area contributed by atoms with Crippen LogP contribution in [0.3, 0.4) is 0 Å². The quantitative estimate of drug-likeness (QED) is 0.556. The fourth-order valence-corrected chi connectivity index (χ4v) is 3.17. The van der Waals surface area contributed by atoms with Crippen LogP contribution >= 0.6 is 12.2 Å². The highest BCUT2D eigenvalue weighted by molar-refractivity contribution is 7.80. The molecule has 0 radical (unpaired) electrons. The molecule has 1 fully saturated rings. The third-order valence-electron chi connectivity index (χ3n) is 4.48. The Morgan fingerprint density at radius 2 is 2.00 bits per heavy atom. The van der Waals surface area contributed by atoms with Crippen molar-refractivity contribution in [2.24, 2.45) is 0 Å². The molecule has 0 spiro atoms. The minimum absolute atomic E-state index is 0.120. The van der Waals surface area contributed by atoms with Crippen molar-refractivity contribution in [1.82, 2.24) is 15.5 Å². The molecule has 1 aliphatic rings. The number of piperazine rings is 1. The minimum atomic E-state index is -0.797. The zero-order chi connectivity index (χ0) is 20.7. The first-order valence-electron chi connectivity index (χ1n) is 9.48. The number of thiocarbonyl (C=S) groups is 1. The van der Waals surface area contributed by atoms with Crippen LogP contribution in [0.5, 0.6) is 0 Å². The van der Waals surface area contributed by atoms with E-state index in [9.17, 15) is 14.4 Å². The molecule has 1 aliphatic heterocycles. The van der Waals surface area contributed by atoms with Crippen LogP contribution in [-0.2, 0) is 14.3 Å². The summed E-state index contributed by atoms with van der Waals surface area (Å²) in [5.74, 6) is -0.748. The van der Waals surface area contributed by atoms with Crippen molar-refractivity contribution in [3.05, 3.63) is 35.4 Å². The van der Waals surface area contributed by atoms with Gasteiger partial charge in [-0.25, -0.2) is 0 Å². The lowest BCUT2D eigenvalue weighted by atomic mass is 10.0. The van der Waals surface area contributed by atoms with Crippen molar-refractivity contribution < 1.29 is 19.1 Å². The summed E-state index contributed by atoms with van der Waals surface area (Å²) in [6.07, 6.45) is 0.585. The number of nitrogens with one attached hydrogen (secondary N) is 2. The first-order valence-corrected chi connectivity index (χ1v) is 9.89. The van der Waals surface area contributed by atoms with Gasteiger partial charge in [0.1, 0.15) is 6.04 Å². The van der Waals surface area contributed by atoms with Crippen molar-refractivity contribution in [2.75, 3.05) is 19.7 Å². The summed E-state index contributed by atoms with van der Waals surface area (Å²) in [6.45, 7) is 7.15. The van der Waals surface area contributed by atoms with E-state index in [1.807, 2.05) is 19.1 Å². The van der Waals surface area contributed by atoms with Crippen molar-refractivity contribution in [3.63, 3.8) is 0 Å². The highest BCUT2D eigenvalue weighted by Crippen LogP contribution is 2.15. The lowest BCUT2D eigenvalue weighted by molar-refractivity contribution is -0.147. The van der Waals surface area contributed by atoms with E-state index in [0.717, 1.165) is 5.56 Å². The van der Waals surface area contributed by atoms with E-state index in [1.54, 1.807) is 17.0 Å². The number of hydrogen-bond acceptors (Lipinski definition) is 5. The van der Waals surface area contributed by atoms with E-state index >= 15 is 0 Å². The number of carbonyl (C=O) groups is 3. The first kappa shape index (κ1) is 21.8. The number of ether oxygens (including phenoxy) is 1. The zero-order valence-electron chi connectivity index (χ0n) is 16.5. The second-order valence-corrected chi connectivity index (χ2v) is 7.35. The van der Waals surface area contributed by atoms with Crippen LogP contribution in [0.15, 0.2) is 24.3 Å². The summed E-state index contributed by atoms with van der Waals surface area (Å²) >= 11 is 5.35. The Hall–Kier alpha value is -2.48. The molecule has 2 N–H and O–H groups in total. The van der Waals surface area contributed by atoms with E-state index in [1.165, 1.54) is 0 Å². The molecular weight excluding hydrogens is 378 g/mol. The van der Waals surface area contributed by atoms with Crippen LogP contribution in [0.25, 0.3) is 0 Å². The van der Waals surface area contributed by atoms with Crippen molar-refractivity contribution >= 4 is 35.1 Å². The molecule has 1 unspecified atom stereocenters. The molecular formula is C20H27N3O4S. The Balaban J connectivity index is 2.03. The summed E-state index contributed by atoms with van der Waals surface area (Å²) in [5.41, 5.74) is 1.62. The Morgan fingerprint density at radius 1 is 1.32 bits per heavy atom. The number of esters is 1. The number of hydrogen-bond donors (Lipinski definition) is 2. The van der Waals surface area contributed by atoms with Crippen LogP contribution in [0.1, 0.15) is 55.5 Å². The van der Waals surface area contributed by atoms with Gasteiger partial charge >= 0.3 is 5.97 Å². The van der Waals surface area contributed by atoms with Crippen molar-refractivity contribution in [2.45, 2.75) is 45.6 Å². The first-order chi connectivity index (χ1) is 13.3. The lowest BCUT2D eigenvalue weighted by Crippen LogP contribution is -2.60. The fraction of sp³-hybridized carbons (Fsp3) is 0.500. The highest BCUT2D eigenvalue weighted by Gasteiger charge is 2.34. The van der Waals surface area contributed by atoms with Crippen molar-refractivity contribution in [1.29, 1.82) is 0 Å². The Morgan fingerprint density at radius 3 is 2.61 bits per heavy atom. The predicted octanol–water partition coefficient (Wildman–Crippen LogP) is 1.97. The second-order valence-electron chi connectivity index (χ2n) is 6.96. The SMILES string of the molecule is CCCOC(=O)CC1C(=O)NCCN1C(=S)NC(=O)c1ccc(C(C)C)cc1. The highest BCUT2D eigenvalue weighted by atomic mass is 32.1. The van der Waals surface area contributed by atoms with Gasteiger partial charge in [-0.3, -0.25) is 19.7 Å². The number of benzene rings is 1. The van der Waals surface area contributed by atoms with Crippen LogP contribution in [-0.4, -0.2) is 53.5 Å². The molecule has 0 saturated carbocycles. The lowest BCUT2D eigenvalue weighted by Gasteiger charge is -2.36. The van der Waals surface area contributed by atoms with E-state index in [2.05, 4.69) is 24.5 Å². The van der Waals surface area contributed by atoms with Gasteiger partial charge < -0.3 is 15.0 Å². The summed E-state index contributed by atoms with van der Waals surface area (Å²) in [4.78, 5) is 38.3. The van der Waals surface area contributed by atoms with E-state index < -0.39 is 12.0 Å². The third kappa shape index (κ3) is 5.76. The number of nitrogens with zero attached hydrogens (tertiary/aromatic N) is 1. The number of rotatable bonds is 6. The van der Waals surface area contributed by atoms with Crippen LogP contribution in [0, 0.1) is 0 Å². The Bertz CT molecular complexity index is 733. The molecule has 152 valence electrons. The Labute approximate surface area is 170 Å². The topological polar surface area (TPSA) is 87.7 Å². The maximum atomic E-state index is 12.5. The van der Waals surface area contributed by atoms with Crippen LogP contribution in [0.4, 0.5) is 0 Å². The standard InChI is InChI=1S/C20H27N3O4S/c1-4-11-27-17(24)12-16-19(26)21-9-10-23(16)20(28)22-18(25)15-7-5-14(6-8-15)13(2)3/h5-8,13,16H,4,9-12H2,1-3H3,(H,21,26)(H,22,25,28). The Kier molecular flexibility index (Phi) is 7.92. The summed E-state index contributed by atoms with van der Waals surface area (Å²) in [7, 11) is 0. The maximum absolute atomic E-state index is 12.5. The van der Waals surface area contributed by atoms with E-state index in [4.69, 9.17) is 17.0 Å². The second kappa shape index (κ2) is 10.2. The minimum Gasteiger partial charge on any atom is -0.466 e. The average Bonchev–Trinajstić information content (AvgIpc) is 2.67. The molecule has 1 saturated heterocycles. The van der Waals surface area contributed by atoms with Gasteiger partial charge in [-0.05, 0) is 42.3 Å². The number of carbonyl (C=O) groups excluding carboxylic acids is 3. The smallest absolute Gasteiger partial charge is 0.308 e. The summed E-state index contributed by atoms with van der Waals surface area (Å²) < 4.78 is 5.07. The molecule has 8 heteroatoms. The largest absolute Gasteiger partial charge is 0.466 e. The molecule has 1 aromatic carbocycles. The van der Waals surface area contributed by atoms with Gasteiger partial charge in [0.05, 0.1) is 13.0 Å². The van der Waals surface area contributed by atoms with Gasteiger partial charge in [0.15, 0.2) is 5.11 Å². The van der Waals surface area contributed by atoms with Gasteiger partial charge in [-0.2, -0.15) is 0 Å². The molecule has 1 atom stereocenters. The van der Waals surface area contributed by atoms with E-state index in [-0.39, 0.29) is 23.3 Å². The average molecular weight is 406 g/mol. The van der Waals surface area contributed by atoms with Crippen LogP contribution in [0.2, 0.25) is 0 Å². The van der Waals surface area contributed by atoms with Crippen molar-refractivity contribution in [3.8, 4) is 0 Å². The van der Waals surface area contributed by atoms with Gasteiger partial charge in [0, 0.05) is 18.7 Å². The van der Waals surface area contributed by atoms with Gasteiger partial charge in [0.25, 0.3) is 5.91 Å². The van der Waals surface area contributed by atoms with E-state index in [0.29, 0.717) is 37.6 Å². The molecule has 1 aromatic rings. The molecule has 0 aliphatic carbocycles. The molecule has 0 aromatic heterocycles. The van der Waals surface area contributed by atoms with Gasteiger partial charge in [-0.1, -0.05) is 32.9 Å². The predicted molar refractivity (Wildman–Crippen MR) is 110 cm³/mol. The molecule has 28 heavy (non-hydrogen) atoms. The van der Waals surface area contributed by atoms with Gasteiger partial charge in [0.2, 0.25) is 5.91 Å². The van der Waals surface area contributed by atoms with Gasteiger partial charge in [-0.15, -0.1) is 0 Å². The third-order valence-corrected chi connectivity index (χ3v) is 4.82. The van der Waals surface area contributed by atoms with Crippen LogP contribution < -0.4 is 10.6 Å². The molecule has 2 amide bonds. The molecule has 7 nitrogen and oxygen atoms in total. The molecule has 0 bridgehead atoms. The molecule has 1 heterocycles. The zero-order valence-corrected chi connectivity index (χ0v) is 17.3. The molecule has 2 rings (SSSR count). The summed E-state index contributed by atoms with van der Waals surface area (Å²) in [6, 6.07) is 6.51. The monoisotopic (exact) mass is 405 g/mol. The maximum Gasteiger partial charge on any atom is 0.308 e. The number of amides is 2. The normalized spacial score (nSPS) is 16.5.